The van der Waals surface area contributed by atoms with Gasteiger partial charge in [-0.05, 0) is 115 Å². The number of hydrogen-bond donors (Lipinski definition) is 1. The first-order chi connectivity index (χ1) is 38.3. The molecule has 0 atom stereocenters. The first-order valence-electron chi connectivity index (χ1n) is 28.0. The molecule has 6 heteroatoms. The van der Waals surface area contributed by atoms with Crippen LogP contribution in [0.5, 0.6) is 5.75 Å². The van der Waals surface area contributed by atoms with Gasteiger partial charge in [-0.3, -0.25) is 9.55 Å². The minimum atomic E-state index is -0.367. The number of imidazole rings is 1. The second-order valence-corrected chi connectivity index (χ2v) is 25.2. The monoisotopic (exact) mass is 1240 g/mol. The van der Waals surface area contributed by atoms with Gasteiger partial charge in [-0.25, -0.2) is 4.98 Å². The summed E-state index contributed by atoms with van der Waals surface area (Å²) < 4.78 is 4.67. The second kappa shape index (κ2) is 20.8. The van der Waals surface area contributed by atoms with Crippen molar-refractivity contribution in [3.8, 4) is 73.2 Å². The Hall–Kier alpha value is -8.11. The fourth-order valence-electron chi connectivity index (χ4n) is 11.7. The number of phenols is 1. The maximum absolute atomic E-state index is 12.9. The smallest absolute Gasteiger partial charge is 0.148 e. The number of aromatic hydroxyl groups is 1. The molecule has 81 heavy (non-hydrogen) atoms. The van der Waals surface area contributed by atoms with Crippen LogP contribution in [0.25, 0.3) is 100 Å². The van der Waals surface area contributed by atoms with Gasteiger partial charge in [0.05, 0.1) is 22.3 Å². The molecule has 0 aliphatic rings. The molecule has 0 fully saturated rings. The quantitative estimate of drug-likeness (QED) is 0.147. The standard InChI is InChI=1S/C75H69N4O.Pt/c1-72(2,3)54-38-39-65(59(45-54)49-24-15-12-16-25-49)79-66-33-23-31-57(69(66)77-71(79)61-46-55(73(4,5)6)47-62(70(61)80)74(7,8)9)60-42-51(44-67-68(60)58-30-21-22-32-64(58)78(67)56-28-19-14-20-29-56)63-43-50(40-41-76-63)48-34-36-53(37-35-48)75(10,11)52-26-17-13-18-27-52;/h12-41,43-47,80H,1-11H3;/q-1;. The Kier molecular flexibility index (Phi) is 14.1. The number of nitrogens with zero attached hydrogens (tertiary/aromatic N) is 4. The Morgan fingerprint density at radius 1 is 0.444 bits per heavy atom. The van der Waals surface area contributed by atoms with Gasteiger partial charge in [0.1, 0.15) is 11.6 Å². The van der Waals surface area contributed by atoms with Gasteiger partial charge in [0.2, 0.25) is 0 Å². The molecule has 12 aromatic rings. The van der Waals surface area contributed by atoms with E-state index in [1.54, 1.807) is 0 Å². The molecule has 1 N–H and O–H groups in total. The van der Waals surface area contributed by atoms with Gasteiger partial charge in [0.25, 0.3) is 0 Å². The molecule has 0 spiro atoms. The minimum Gasteiger partial charge on any atom is -0.507 e. The number of fused-ring (bicyclic) bond motifs is 4. The fraction of sp³-hybridized carbons (Fsp3) is 0.200. The maximum atomic E-state index is 12.9. The van der Waals surface area contributed by atoms with Crippen molar-refractivity contribution in [3.05, 3.63) is 246 Å². The molecule has 9 aromatic carbocycles. The van der Waals surface area contributed by atoms with Crippen LogP contribution in [0.15, 0.2) is 212 Å². The SMILES string of the molecule is CC(C)(C)c1ccc(-n2c(-c3cc(C(C)(C)C)cc(C(C)(C)C)c3O)nc3c(-c4[c-]c(-c5cc(-c6ccc(C(C)(C)c7ccccc7)cc6)ccn5)cc5c4c4ccccc4n5-c4ccccc4)cccc32)c(-c2ccccc2)c1.[Pt]. The van der Waals surface area contributed by atoms with E-state index in [1.807, 2.05) is 6.20 Å². The van der Waals surface area contributed by atoms with Gasteiger partial charge in [-0.1, -0.05) is 250 Å². The van der Waals surface area contributed by atoms with Crippen LogP contribution in [0.2, 0.25) is 0 Å². The van der Waals surface area contributed by atoms with Crippen molar-refractivity contribution in [1.82, 2.24) is 19.1 Å². The van der Waals surface area contributed by atoms with Gasteiger partial charge < -0.3 is 9.67 Å². The topological polar surface area (TPSA) is 55.9 Å². The van der Waals surface area contributed by atoms with E-state index in [2.05, 4.69) is 298 Å². The molecule has 0 radical (unpaired) electrons. The van der Waals surface area contributed by atoms with Crippen LogP contribution in [-0.4, -0.2) is 24.2 Å². The number of pyridine rings is 1. The summed E-state index contributed by atoms with van der Waals surface area (Å²) in [5.74, 6) is 0.896. The van der Waals surface area contributed by atoms with E-state index >= 15 is 0 Å². The van der Waals surface area contributed by atoms with Crippen molar-refractivity contribution in [2.45, 2.75) is 97.8 Å². The summed E-state index contributed by atoms with van der Waals surface area (Å²) in [4.78, 5) is 11.0. The van der Waals surface area contributed by atoms with Gasteiger partial charge >= 0.3 is 0 Å². The Morgan fingerprint density at radius 3 is 1.73 bits per heavy atom. The number of phenolic OH excluding ortho intramolecular Hbond substituents is 1. The Bertz CT molecular complexity index is 4300. The normalized spacial score (nSPS) is 12.3. The maximum Gasteiger partial charge on any atom is 0.148 e. The molecular formula is C75H69N4OPt-. The van der Waals surface area contributed by atoms with E-state index in [4.69, 9.17) is 9.97 Å². The van der Waals surface area contributed by atoms with Crippen molar-refractivity contribution in [2.75, 3.05) is 0 Å². The molecule has 0 aliphatic carbocycles. The first-order valence-corrected chi connectivity index (χ1v) is 28.0. The molecule has 0 unspecified atom stereocenters. The molecule has 0 amide bonds. The van der Waals surface area contributed by atoms with Crippen LogP contribution >= 0.6 is 0 Å². The van der Waals surface area contributed by atoms with Crippen LogP contribution in [0, 0.1) is 6.07 Å². The van der Waals surface area contributed by atoms with Crippen molar-refractivity contribution in [2.24, 2.45) is 0 Å². The van der Waals surface area contributed by atoms with Crippen LogP contribution in [0.4, 0.5) is 0 Å². The first kappa shape index (κ1) is 54.8. The fourth-order valence-corrected chi connectivity index (χ4v) is 11.7. The molecule has 0 saturated heterocycles. The third kappa shape index (κ3) is 9.95. The summed E-state index contributed by atoms with van der Waals surface area (Å²) in [6.45, 7) is 24.6. The van der Waals surface area contributed by atoms with E-state index in [-0.39, 0.29) is 48.5 Å². The van der Waals surface area contributed by atoms with Gasteiger partial charge in [-0.15, -0.1) is 11.6 Å². The number of benzene rings is 9. The van der Waals surface area contributed by atoms with E-state index in [9.17, 15) is 5.11 Å². The Balaban J connectivity index is 0.00000690. The molecule has 0 bridgehead atoms. The summed E-state index contributed by atoms with van der Waals surface area (Å²) in [5, 5.41) is 15.0. The third-order valence-corrected chi connectivity index (χ3v) is 16.4. The number of rotatable bonds is 9. The molecule has 3 heterocycles. The predicted molar refractivity (Wildman–Crippen MR) is 336 cm³/mol. The summed E-state index contributed by atoms with van der Waals surface area (Å²) in [5.41, 5.74) is 19.3. The van der Waals surface area contributed by atoms with Crippen molar-refractivity contribution < 1.29 is 26.2 Å². The summed E-state index contributed by atoms with van der Waals surface area (Å²) in [7, 11) is 0. The van der Waals surface area contributed by atoms with Crippen LogP contribution in [-0.2, 0) is 42.7 Å². The van der Waals surface area contributed by atoms with Gasteiger partial charge in [0.15, 0.2) is 0 Å². The minimum absolute atomic E-state index is 0. The zero-order valence-electron chi connectivity index (χ0n) is 48.3. The zero-order chi connectivity index (χ0) is 55.9. The molecule has 3 aromatic heterocycles. The molecule has 5 nitrogen and oxygen atoms in total. The Morgan fingerprint density at radius 2 is 1.05 bits per heavy atom. The molecule has 12 rings (SSSR count). The molecule has 0 saturated carbocycles. The number of aromatic nitrogens is 4. The van der Waals surface area contributed by atoms with Crippen molar-refractivity contribution in [1.29, 1.82) is 0 Å². The van der Waals surface area contributed by atoms with Crippen LogP contribution < -0.4 is 0 Å². The van der Waals surface area contributed by atoms with E-state index in [0.717, 1.165) is 100.0 Å². The molecule has 406 valence electrons. The predicted octanol–water partition coefficient (Wildman–Crippen LogP) is 19.6. The summed E-state index contributed by atoms with van der Waals surface area (Å²) in [6, 6.07) is 78.1. The summed E-state index contributed by atoms with van der Waals surface area (Å²) >= 11 is 0. The zero-order valence-corrected chi connectivity index (χ0v) is 50.5. The third-order valence-electron chi connectivity index (χ3n) is 16.4. The molecule has 0 aliphatic heterocycles. The van der Waals surface area contributed by atoms with Crippen molar-refractivity contribution in [3.63, 3.8) is 0 Å². The molecular weight excluding hydrogens is 1170 g/mol. The summed E-state index contributed by atoms with van der Waals surface area (Å²) in [6.07, 6.45) is 1.92. The van der Waals surface area contributed by atoms with Gasteiger partial charge in [-0.2, -0.15) is 0 Å². The van der Waals surface area contributed by atoms with Gasteiger partial charge in [0, 0.05) is 60.7 Å². The second-order valence-electron chi connectivity index (χ2n) is 25.2. The number of hydrogen-bond acceptors (Lipinski definition) is 3. The number of para-hydroxylation sites is 3. The largest absolute Gasteiger partial charge is 0.507 e. The van der Waals surface area contributed by atoms with E-state index in [0.29, 0.717) is 11.4 Å². The van der Waals surface area contributed by atoms with Crippen LogP contribution in [0.3, 0.4) is 0 Å². The van der Waals surface area contributed by atoms with E-state index < -0.39 is 0 Å². The average molecular weight is 1240 g/mol. The van der Waals surface area contributed by atoms with Crippen LogP contribution in [0.1, 0.15) is 104 Å². The van der Waals surface area contributed by atoms with E-state index in [1.165, 1.54) is 16.7 Å². The van der Waals surface area contributed by atoms with Crippen molar-refractivity contribution >= 4 is 32.8 Å². The average Bonchev–Trinajstić information content (AvgIpc) is 4.26. The Labute approximate surface area is 492 Å².